The van der Waals surface area contributed by atoms with Crippen LogP contribution in [0.15, 0.2) is 457 Å². The van der Waals surface area contributed by atoms with Crippen molar-refractivity contribution >= 4 is 193 Å². The lowest BCUT2D eigenvalue weighted by molar-refractivity contribution is -0.00518. The van der Waals surface area contributed by atoms with Crippen LogP contribution in [0.2, 0.25) is 0 Å². The van der Waals surface area contributed by atoms with Crippen molar-refractivity contribution in [3.63, 3.8) is 0 Å². The molecule has 26 aromatic rings. The first-order valence-corrected chi connectivity index (χ1v) is 53.0. The second kappa shape index (κ2) is 36.3. The van der Waals surface area contributed by atoms with Crippen molar-refractivity contribution in [1.82, 2.24) is 4.98 Å². The maximum absolute atomic E-state index is 6.87. The Morgan fingerprint density at radius 2 is 0.601 bits per heavy atom. The second-order valence-corrected chi connectivity index (χ2v) is 42.1. The maximum Gasteiger partial charge on any atom is 0.149 e. The number of fused-ring (bicyclic) bond motifs is 23. The smallest absolute Gasteiger partial charge is 0.149 e. The number of anilines is 7. The average Bonchev–Trinajstić information content (AvgIpc) is 1.47. The summed E-state index contributed by atoms with van der Waals surface area (Å²) in [5.74, 6) is 5.54. The zero-order valence-electron chi connectivity index (χ0n) is 82.1. The van der Waals surface area contributed by atoms with Crippen molar-refractivity contribution in [2.45, 2.75) is 119 Å². The van der Waals surface area contributed by atoms with Crippen LogP contribution in [0.4, 0.5) is 39.8 Å². The van der Waals surface area contributed by atoms with E-state index in [9.17, 15) is 0 Å². The summed E-state index contributed by atoms with van der Waals surface area (Å²) in [7, 11) is 0. The minimum absolute atomic E-state index is 0.326. The molecule has 0 saturated heterocycles. The Bertz CT molecular complexity index is 9440. The van der Waals surface area contributed by atoms with E-state index in [1.165, 1.54) is 156 Å². The number of ether oxygens (including phenoxy) is 1. The van der Waals surface area contributed by atoms with Gasteiger partial charge in [0.1, 0.15) is 78.5 Å². The van der Waals surface area contributed by atoms with Gasteiger partial charge < -0.3 is 45.9 Å². The molecule has 11 nitrogen and oxygen atoms in total. The van der Waals surface area contributed by atoms with Gasteiger partial charge >= 0.3 is 0 Å². The van der Waals surface area contributed by atoms with Crippen LogP contribution < -0.4 is 19.4 Å². The van der Waals surface area contributed by atoms with Crippen molar-refractivity contribution in [3.8, 4) is 33.8 Å². The molecule has 0 aliphatic heterocycles. The highest BCUT2D eigenvalue weighted by atomic mass is 16.5. The first-order valence-electron chi connectivity index (χ1n) is 53.0. The molecule has 0 spiro atoms. The summed E-state index contributed by atoms with van der Waals surface area (Å²) in [6.45, 7) is 0. The molecule has 19 aromatic carbocycles. The van der Waals surface area contributed by atoms with Crippen molar-refractivity contribution in [2.75, 3.05) is 14.7 Å². The summed E-state index contributed by atoms with van der Waals surface area (Å²) in [6, 6.07) is 150. The number of aromatic nitrogens is 1. The Hall–Kier alpha value is -17.2. The first kappa shape index (κ1) is 87.4. The van der Waals surface area contributed by atoms with E-state index >= 15 is 0 Å². The third-order valence-corrected chi connectivity index (χ3v) is 33.6. The van der Waals surface area contributed by atoms with Crippen molar-refractivity contribution in [3.05, 3.63) is 448 Å². The van der Waals surface area contributed by atoms with Crippen LogP contribution in [-0.4, -0.2) is 17.1 Å². The molecule has 6 fully saturated rings. The molecule has 0 unspecified atom stereocenters. The normalized spacial score (nSPS) is 18.7. The minimum Gasteiger partial charge on any atom is -0.457 e. The number of rotatable bonds is 16. The van der Waals surface area contributed by atoms with Gasteiger partial charge in [0, 0.05) is 97.4 Å². The molecule has 0 N–H and O–H groups in total. The molecular formula is C137H106N4O7. The number of para-hydroxylation sites is 7. The third-order valence-electron chi connectivity index (χ3n) is 33.6. The molecule has 6 aliphatic carbocycles. The molecule has 7 aromatic heterocycles. The fourth-order valence-corrected chi connectivity index (χ4v) is 27.4. The molecule has 7 heterocycles. The monoisotopic (exact) mass is 1920 g/mol. The van der Waals surface area contributed by atoms with E-state index in [0.29, 0.717) is 29.3 Å². The third kappa shape index (κ3) is 15.2. The van der Waals surface area contributed by atoms with Crippen LogP contribution >= 0.6 is 0 Å². The van der Waals surface area contributed by atoms with Gasteiger partial charge in [-0.05, 0) is 295 Å². The van der Waals surface area contributed by atoms with Gasteiger partial charge in [0.15, 0.2) is 0 Å². The van der Waals surface area contributed by atoms with Gasteiger partial charge in [-0.3, -0.25) is 4.98 Å². The Balaban J connectivity index is 0.000000106. The standard InChI is InChI=1S/C54H41NO2.C42H39NO2.C41H26N2O3/c1-2-12-39-36(10-1)11-9-17-40(39)42-24-25-46(43-14-4-3-13-41(42)43)55(38-22-20-37(21-23-38)54-30-33-26-34(31-54)28-35(27-33)32-54)47-29-50-52(45-16-6-7-18-48(45)56-50)53-51(47)44-15-5-8-19-49(44)57-53;1-3-11-28(12-4-1)30-19-23-32(24-20-30)43(33-25-21-31(22-26-33)29-13-5-2-6-14-29)36-27-39-41(35-16-8-9-17-37(35)44-39)42-40(36)34-15-7-10-18-38(34)45-42;1-2-8-31(9-3-1)44-32-20-18-30(19-21-32)43(29-16-14-27(15-17-29)28-22-24-42-25-23-28)35-26-38-40(34-11-5-6-12-36(34)45-38)41-39(35)33-10-4-7-13-37(33)46-41/h1-25,29,33-35H,26-28,30-32H2;1-18,27,30-33H,19-26H2;1-26H. The van der Waals surface area contributed by atoms with Crippen LogP contribution in [0.5, 0.6) is 11.5 Å². The number of hydrogen-bond donors (Lipinski definition) is 0. The Kier molecular flexibility index (Phi) is 21.4. The molecule has 0 atom stereocenters. The van der Waals surface area contributed by atoms with Crippen molar-refractivity contribution in [2.24, 2.45) is 17.8 Å². The number of benzene rings is 19. The molecule has 716 valence electrons. The predicted octanol–water partition coefficient (Wildman–Crippen LogP) is 39.0. The lowest BCUT2D eigenvalue weighted by Crippen LogP contribution is -2.48. The highest BCUT2D eigenvalue weighted by Gasteiger charge is 2.52. The number of nitrogens with zero attached hydrogens (tertiary/aromatic N) is 4. The molecule has 32 rings (SSSR count). The van der Waals surface area contributed by atoms with Crippen LogP contribution in [0.3, 0.4) is 0 Å². The van der Waals surface area contributed by atoms with Crippen molar-refractivity contribution < 1.29 is 31.2 Å². The average molecular weight is 1920 g/mol. The van der Waals surface area contributed by atoms with E-state index in [1.54, 1.807) is 0 Å². The quantitative estimate of drug-likeness (QED) is 0.0922. The van der Waals surface area contributed by atoms with E-state index in [2.05, 4.69) is 347 Å². The molecule has 148 heavy (non-hydrogen) atoms. The van der Waals surface area contributed by atoms with Gasteiger partial charge in [-0.2, -0.15) is 0 Å². The van der Waals surface area contributed by atoms with Gasteiger partial charge in [0.25, 0.3) is 0 Å². The molecule has 6 aliphatic rings. The van der Waals surface area contributed by atoms with Gasteiger partial charge in [-0.25, -0.2) is 0 Å². The highest BCUT2D eigenvalue weighted by molar-refractivity contribution is 6.30. The molecule has 11 heteroatoms. The van der Waals surface area contributed by atoms with E-state index in [-0.39, 0.29) is 0 Å². The van der Waals surface area contributed by atoms with Gasteiger partial charge in [-0.1, -0.05) is 285 Å². The summed E-state index contributed by atoms with van der Waals surface area (Å²) >= 11 is 0. The topological polar surface area (TPSA) is 111 Å². The zero-order chi connectivity index (χ0) is 97.4. The van der Waals surface area contributed by atoms with Crippen LogP contribution in [0, 0.1) is 17.8 Å². The van der Waals surface area contributed by atoms with Crippen LogP contribution in [0.25, 0.3) is 175 Å². The van der Waals surface area contributed by atoms with E-state index < -0.39 is 0 Å². The minimum atomic E-state index is 0.326. The fraction of sp³-hybridized carbons (Fsp3) is 0.161. The summed E-state index contributed by atoms with van der Waals surface area (Å²) < 4.78 is 46.2. The predicted molar refractivity (Wildman–Crippen MR) is 608 cm³/mol. The van der Waals surface area contributed by atoms with Gasteiger partial charge in [0.2, 0.25) is 0 Å². The lowest BCUT2D eigenvalue weighted by atomic mass is 9.48. The summed E-state index contributed by atoms with van der Waals surface area (Å²) in [6.07, 6.45) is 21.8. The van der Waals surface area contributed by atoms with E-state index in [1.807, 2.05) is 103 Å². The molecule has 0 amide bonds. The summed E-state index contributed by atoms with van der Waals surface area (Å²) in [5, 5.41) is 18.0. The molecule has 0 radical (unpaired) electrons. The SMILES string of the molecule is c1ccc(C2CCC(N(c3cc4oc5ccccc5c4c4oc5ccccc5c34)C3CCC(c4ccccc4)CC3)CC2)cc1.c1ccc(Oc2ccc(N(c3ccc(-c4ccncc4)cc3)c3cc4oc5ccccc5c4c4oc5ccccc5c34)cc2)cc1.c1ccc2c(-c3ccc(N(c4ccc(C56CC7CC(CC(C7)C5)C6)cc4)c4cc5oc6ccccc6c5c5oc6ccccc6c45)c4ccccc34)cccc2c1. The maximum atomic E-state index is 6.87. The zero-order valence-corrected chi connectivity index (χ0v) is 82.1. The number of furan rings is 6. The molecule has 6 saturated carbocycles. The first-order chi connectivity index (χ1) is 73.3. The number of pyridine rings is 1. The van der Waals surface area contributed by atoms with Crippen LogP contribution in [-0.2, 0) is 5.41 Å². The molecular weight excluding hydrogens is 1810 g/mol. The Morgan fingerprint density at radius 3 is 1.08 bits per heavy atom. The van der Waals surface area contributed by atoms with Crippen LogP contribution in [0.1, 0.15) is 118 Å². The summed E-state index contributed by atoms with van der Waals surface area (Å²) in [4.78, 5) is 11.8. The van der Waals surface area contributed by atoms with E-state index in [0.717, 1.165) is 195 Å². The Morgan fingerprint density at radius 1 is 0.250 bits per heavy atom. The lowest BCUT2D eigenvalue weighted by Gasteiger charge is -2.57. The highest BCUT2D eigenvalue weighted by Crippen LogP contribution is 2.62. The molecule has 4 bridgehead atoms. The second-order valence-electron chi connectivity index (χ2n) is 42.1. The van der Waals surface area contributed by atoms with Crippen molar-refractivity contribution in [1.29, 1.82) is 0 Å². The number of hydrogen-bond acceptors (Lipinski definition) is 11. The fourth-order valence-electron chi connectivity index (χ4n) is 27.4. The van der Waals surface area contributed by atoms with Gasteiger partial charge in [-0.15, -0.1) is 0 Å². The van der Waals surface area contributed by atoms with E-state index in [4.69, 9.17) is 31.2 Å². The Labute approximate surface area is 856 Å². The largest absolute Gasteiger partial charge is 0.457 e. The summed E-state index contributed by atoms with van der Waals surface area (Å²) in [5.41, 5.74) is 27.5. The van der Waals surface area contributed by atoms with Gasteiger partial charge in [0.05, 0.1) is 55.1 Å².